The van der Waals surface area contributed by atoms with Crippen molar-refractivity contribution in [1.82, 2.24) is 4.90 Å². The number of morpholine rings is 1. The number of carbonyl (C=O) groups is 1. The van der Waals surface area contributed by atoms with Gasteiger partial charge in [-0.3, -0.25) is 4.79 Å². The summed E-state index contributed by atoms with van der Waals surface area (Å²) in [7, 11) is 0. The van der Waals surface area contributed by atoms with E-state index in [9.17, 15) is 9.59 Å². The lowest BCUT2D eigenvalue weighted by atomic mass is 10.1. The van der Waals surface area contributed by atoms with Gasteiger partial charge >= 0.3 is 5.63 Å². The van der Waals surface area contributed by atoms with Gasteiger partial charge in [0.05, 0.1) is 19.3 Å². The van der Waals surface area contributed by atoms with Crippen LogP contribution in [0.3, 0.4) is 0 Å². The van der Waals surface area contributed by atoms with Crippen molar-refractivity contribution in [1.29, 1.82) is 0 Å². The molecule has 122 valence electrons. The Morgan fingerprint density at radius 1 is 1.39 bits per heavy atom. The van der Waals surface area contributed by atoms with Crippen LogP contribution in [-0.4, -0.2) is 43.2 Å². The van der Waals surface area contributed by atoms with E-state index in [0.717, 1.165) is 16.6 Å². The van der Waals surface area contributed by atoms with E-state index in [1.807, 2.05) is 26.0 Å². The minimum absolute atomic E-state index is 0.0333. The van der Waals surface area contributed by atoms with Crippen LogP contribution in [0.2, 0.25) is 0 Å². The first-order chi connectivity index (χ1) is 11.0. The summed E-state index contributed by atoms with van der Waals surface area (Å²) in [5, 5.41) is 3.99. The summed E-state index contributed by atoms with van der Waals surface area (Å²) in [6.45, 7) is 5.85. The zero-order valence-electron chi connectivity index (χ0n) is 13.3. The van der Waals surface area contributed by atoms with Gasteiger partial charge in [0.2, 0.25) is 5.91 Å². The van der Waals surface area contributed by atoms with Gasteiger partial charge in [-0.05, 0) is 31.5 Å². The number of nitrogens with zero attached hydrogens (tertiary/aromatic N) is 1. The average Bonchev–Trinajstić information content (AvgIpc) is 2.52. The topological polar surface area (TPSA) is 71.8 Å². The fourth-order valence-electron chi connectivity index (χ4n) is 2.77. The molecule has 1 aliphatic heterocycles. The Kier molecular flexibility index (Phi) is 4.34. The lowest BCUT2D eigenvalue weighted by Gasteiger charge is -2.31. The number of ether oxygens (including phenoxy) is 1. The molecule has 0 saturated carbocycles. The monoisotopic (exact) mass is 316 g/mol. The zero-order chi connectivity index (χ0) is 16.4. The Hall–Kier alpha value is -2.34. The van der Waals surface area contributed by atoms with Gasteiger partial charge in [-0.2, -0.15) is 0 Å². The molecule has 23 heavy (non-hydrogen) atoms. The highest BCUT2D eigenvalue weighted by Crippen LogP contribution is 2.20. The van der Waals surface area contributed by atoms with Crippen LogP contribution in [0.5, 0.6) is 0 Å². The first kappa shape index (κ1) is 15.6. The Morgan fingerprint density at radius 3 is 3.00 bits per heavy atom. The number of anilines is 1. The average molecular weight is 316 g/mol. The van der Waals surface area contributed by atoms with Gasteiger partial charge < -0.3 is 19.4 Å². The van der Waals surface area contributed by atoms with Crippen LogP contribution in [0.1, 0.15) is 12.5 Å². The third kappa shape index (κ3) is 3.53. The molecular weight excluding hydrogens is 296 g/mol. The minimum Gasteiger partial charge on any atom is -0.423 e. The number of aryl methyl sites for hydroxylation is 1. The molecule has 1 fully saturated rings. The van der Waals surface area contributed by atoms with Gasteiger partial charge in [-0.1, -0.05) is 0 Å². The number of hydrogen-bond donors (Lipinski definition) is 1. The fraction of sp³-hybridized carbons (Fsp3) is 0.412. The van der Waals surface area contributed by atoms with E-state index in [0.29, 0.717) is 25.3 Å². The number of nitrogens with one attached hydrogen (secondary N) is 1. The molecule has 0 unspecified atom stereocenters. The quantitative estimate of drug-likeness (QED) is 0.874. The Labute approximate surface area is 134 Å². The molecule has 6 heteroatoms. The molecule has 1 aromatic heterocycles. The second-order valence-corrected chi connectivity index (χ2v) is 5.83. The van der Waals surface area contributed by atoms with Crippen molar-refractivity contribution in [3.63, 3.8) is 0 Å². The molecule has 1 atom stereocenters. The summed E-state index contributed by atoms with van der Waals surface area (Å²) in [5.74, 6) is 0.0333. The van der Waals surface area contributed by atoms with Crippen LogP contribution in [0.4, 0.5) is 5.69 Å². The van der Waals surface area contributed by atoms with E-state index in [2.05, 4.69) is 5.32 Å². The molecule has 1 aromatic carbocycles. The summed E-state index contributed by atoms with van der Waals surface area (Å²) >= 11 is 0. The normalized spacial score (nSPS) is 18.2. The summed E-state index contributed by atoms with van der Waals surface area (Å²) < 4.78 is 10.6. The van der Waals surface area contributed by atoms with Gasteiger partial charge in [0.1, 0.15) is 5.58 Å². The third-order valence-electron chi connectivity index (χ3n) is 3.99. The van der Waals surface area contributed by atoms with Crippen LogP contribution in [0, 0.1) is 6.92 Å². The van der Waals surface area contributed by atoms with Crippen LogP contribution in [0.25, 0.3) is 11.0 Å². The summed E-state index contributed by atoms with van der Waals surface area (Å²) in [5.41, 5.74) is 1.78. The van der Waals surface area contributed by atoms with Gasteiger partial charge in [0.25, 0.3) is 0 Å². The second-order valence-electron chi connectivity index (χ2n) is 5.83. The Bertz CT molecular complexity index is 784. The number of benzene rings is 1. The smallest absolute Gasteiger partial charge is 0.336 e. The molecule has 1 amide bonds. The Morgan fingerprint density at radius 2 is 2.22 bits per heavy atom. The SMILES string of the molecule is Cc1cc(=O)oc2cc(NCC(=O)N3CCO[C@H](C)C3)ccc12. The van der Waals surface area contributed by atoms with E-state index < -0.39 is 0 Å². The molecule has 1 N–H and O–H groups in total. The molecule has 0 bridgehead atoms. The highest BCUT2D eigenvalue weighted by atomic mass is 16.5. The predicted molar refractivity (Wildman–Crippen MR) is 87.7 cm³/mol. The molecule has 2 heterocycles. The first-order valence-electron chi connectivity index (χ1n) is 7.71. The van der Waals surface area contributed by atoms with E-state index in [1.54, 1.807) is 11.0 Å². The van der Waals surface area contributed by atoms with Gasteiger partial charge in [0.15, 0.2) is 0 Å². The number of amides is 1. The predicted octanol–water partition coefficient (Wildman–Crippen LogP) is 1.76. The maximum atomic E-state index is 12.2. The fourth-order valence-corrected chi connectivity index (χ4v) is 2.77. The number of rotatable bonds is 3. The second kappa shape index (κ2) is 6.42. The summed E-state index contributed by atoms with van der Waals surface area (Å²) in [6, 6.07) is 6.99. The highest BCUT2D eigenvalue weighted by Gasteiger charge is 2.20. The molecule has 6 nitrogen and oxygen atoms in total. The molecule has 0 spiro atoms. The molecule has 1 saturated heterocycles. The molecule has 0 aliphatic carbocycles. The van der Waals surface area contributed by atoms with E-state index in [-0.39, 0.29) is 24.2 Å². The van der Waals surface area contributed by atoms with Gasteiger partial charge in [-0.25, -0.2) is 4.79 Å². The number of hydrogen-bond acceptors (Lipinski definition) is 5. The summed E-state index contributed by atoms with van der Waals surface area (Å²) in [4.78, 5) is 25.5. The summed E-state index contributed by atoms with van der Waals surface area (Å²) in [6.07, 6.45) is 0.0746. The maximum Gasteiger partial charge on any atom is 0.336 e. The Balaban J connectivity index is 1.69. The highest BCUT2D eigenvalue weighted by molar-refractivity contribution is 5.85. The van der Waals surface area contributed by atoms with Crippen molar-refractivity contribution in [3.8, 4) is 0 Å². The van der Waals surface area contributed by atoms with Crippen LogP contribution in [-0.2, 0) is 9.53 Å². The number of carbonyl (C=O) groups excluding carboxylic acids is 1. The van der Waals surface area contributed by atoms with Crippen LogP contribution >= 0.6 is 0 Å². The van der Waals surface area contributed by atoms with Gasteiger partial charge in [0, 0.05) is 36.3 Å². The van der Waals surface area contributed by atoms with E-state index in [4.69, 9.17) is 9.15 Å². The van der Waals surface area contributed by atoms with Crippen LogP contribution < -0.4 is 10.9 Å². The largest absolute Gasteiger partial charge is 0.423 e. The van der Waals surface area contributed by atoms with E-state index >= 15 is 0 Å². The molecule has 3 rings (SSSR count). The third-order valence-corrected chi connectivity index (χ3v) is 3.99. The van der Waals surface area contributed by atoms with Crippen molar-refractivity contribution in [2.75, 3.05) is 31.6 Å². The zero-order valence-corrected chi connectivity index (χ0v) is 13.3. The van der Waals surface area contributed by atoms with Crippen molar-refractivity contribution in [3.05, 3.63) is 40.2 Å². The van der Waals surface area contributed by atoms with Crippen molar-refractivity contribution in [2.24, 2.45) is 0 Å². The van der Waals surface area contributed by atoms with Crippen molar-refractivity contribution in [2.45, 2.75) is 20.0 Å². The van der Waals surface area contributed by atoms with Crippen LogP contribution in [0.15, 0.2) is 33.5 Å². The molecule has 1 aliphatic rings. The minimum atomic E-state index is -0.370. The van der Waals surface area contributed by atoms with E-state index in [1.165, 1.54) is 6.07 Å². The lowest BCUT2D eigenvalue weighted by Crippen LogP contribution is -2.46. The standard InChI is InChI=1S/C17H20N2O4/c1-11-7-17(21)23-15-8-13(3-4-14(11)15)18-9-16(20)19-5-6-22-12(2)10-19/h3-4,7-8,12,18H,5-6,9-10H2,1-2H3/t12-/m1/s1. The first-order valence-corrected chi connectivity index (χ1v) is 7.71. The molecule has 2 aromatic rings. The maximum absolute atomic E-state index is 12.2. The number of fused-ring (bicyclic) bond motifs is 1. The lowest BCUT2D eigenvalue weighted by molar-refractivity contribution is -0.136. The van der Waals surface area contributed by atoms with Crippen molar-refractivity contribution >= 4 is 22.6 Å². The van der Waals surface area contributed by atoms with Gasteiger partial charge in [-0.15, -0.1) is 0 Å². The molecular formula is C17H20N2O4. The van der Waals surface area contributed by atoms with Crippen molar-refractivity contribution < 1.29 is 13.9 Å². The molecule has 0 radical (unpaired) electrons.